The number of rotatable bonds is 3. The van der Waals surface area contributed by atoms with Crippen molar-refractivity contribution in [2.24, 2.45) is 0 Å². The molecule has 0 aromatic carbocycles. The van der Waals surface area contributed by atoms with Crippen molar-refractivity contribution in [1.82, 2.24) is 4.90 Å². The number of thiophene rings is 1. The van der Waals surface area contributed by atoms with Gasteiger partial charge in [0.25, 0.3) is 0 Å². The van der Waals surface area contributed by atoms with E-state index in [0.29, 0.717) is 11.0 Å². The molecule has 16 heavy (non-hydrogen) atoms. The molecule has 0 unspecified atom stereocenters. The van der Waals surface area contributed by atoms with Crippen molar-refractivity contribution in [2.45, 2.75) is 38.8 Å². The van der Waals surface area contributed by atoms with Crippen LogP contribution in [0.1, 0.15) is 40.6 Å². The van der Waals surface area contributed by atoms with Crippen LogP contribution in [0.2, 0.25) is 0 Å². The fraction of sp³-hybridized carbons (Fsp3) is 0.583. The smallest absolute Gasteiger partial charge is 0.153 e. The van der Waals surface area contributed by atoms with Crippen LogP contribution < -0.4 is 5.73 Å². The Kier molecular flexibility index (Phi) is 3.30. The van der Waals surface area contributed by atoms with Gasteiger partial charge in [0.2, 0.25) is 0 Å². The Hall–Kier alpha value is -0.870. The van der Waals surface area contributed by atoms with Gasteiger partial charge in [-0.2, -0.15) is 0 Å². The highest BCUT2D eigenvalue weighted by Gasteiger charge is 2.27. The molecule has 0 amide bonds. The molecule has 2 rings (SSSR count). The minimum absolute atomic E-state index is 0.607. The number of fused-ring (bicyclic) bond motifs is 1. The van der Waals surface area contributed by atoms with Gasteiger partial charge >= 0.3 is 0 Å². The summed E-state index contributed by atoms with van der Waals surface area (Å²) < 4.78 is 0. The van der Waals surface area contributed by atoms with Gasteiger partial charge in [0.1, 0.15) is 0 Å². The standard InChI is InChI=1S/C12H18N2OS/c1-3-4-8-5-11-9(6-14(8)2)10(7-15)12(13)16-11/h7-8H,3-6,13H2,1-2H3/t8-/m1/s1. The lowest BCUT2D eigenvalue weighted by Crippen LogP contribution is -2.36. The summed E-state index contributed by atoms with van der Waals surface area (Å²) in [5, 5.41) is 0.686. The molecule has 2 heterocycles. The molecule has 1 aliphatic heterocycles. The highest BCUT2D eigenvalue weighted by Crippen LogP contribution is 2.36. The van der Waals surface area contributed by atoms with E-state index in [1.54, 1.807) is 11.3 Å². The summed E-state index contributed by atoms with van der Waals surface area (Å²) in [6.07, 6.45) is 4.36. The molecule has 2 N–H and O–H groups in total. The summed E-state index contributed by atoms with van der Waals surface area (Å²) in [5.74, 6) is 0. The highest BCUT2D eigenvalue weighted by atomic mass is 32.1. The van der Waals surface area contributed by atoms with Gasteiger partial charge in [0.05, 0.1) is 10.6 Å². The summed E-state index contributed by atoms with van der Waals surface area (Å²) in [4.78, 5) is 14.6. The molecule has 0 aliphatic carbocycles. The third kappa shape index (κ3) is 1.87. The van der Waals surface area contributed by atoms with E-state index in [9.17, 15) is 4.79 Å². The largest absolute Gasteiger partial charge is 0.390 e. The molecular weight excluding hydrogens is 220 g/mol. The fourth-order valence-electron chi connectivity index (χ4n) is 2.42. The number of carbonyl (C=O) groups excluding carboxylic acids is 1. The minimum atomic E-state index is 0.607. The summed E-state index contributed by atoms with van der Waals surface area (Å²) >= 11 is 1.59. The maximum Gasteiger partial charge on any atom is 0.153 e. The lowest BCUT2D eigenvalue weighted by atomic mass is 9.97. The zero-order chi connectivity index (χ0) is 11.7. The van der Waals surface area contributed by atoms with Gasteiger partial charge in [-0.25, -0.2) is 0 Å². The van der Waals surface area contributed by atoms with E-state index < -0.39 is 0 Å². The van der Waals surface area contributed by atoms with Crippen LogP contribution >= 0.6 is 11.3 Å². The minimum Gasteiger partial charge on any atom is -0.390 e. The normalized spacial score (nSPS) is 20.8. The Morgan fingerprint density at radius 2 is 2.38 bits per heavy atom. The zero-order valence-corrected chi connectivity index (χ0v) is 10.6. The summed E-state index contributed by atoms with van der Waals surface area (Å²) in [6, 6.07) is 0.607. The van der Waals surface area contributed by atoms with Crippen molar-refractivity contribution in [2.75, 3.05) is 12.8 Å². The predicted octanol–water partition coefficient (Wildman–Crippen LogP) is 2.30. The molecule has 0 fully saturated rings. The van der Waals surface area contributed by atoms with Crippen molar-refractivity contribution >= 4 is 22.6 Å². The summed E-state index contributed by atoms with van der Waals surface area (Å²) in [7, 11) is 2.13. The van der Waals surface area contributed by atoms with Crippen molar-refractivity contribution in [1.29, 1.82) is 0 Å². The topological polar surface area (TPSA) is 46.3 Å². The number of carbonyl (C=O) groups is 1. The molecule has 1 atom stereocenters. The van der Waals surface area contributed by atoms with Crippen molar-refractivity contribution in [3.8, 4) is 0 Å². The number of nitrogen functional groups attached to an aromatic ring is 1. The molecule has 0 spiro atoms. The molecule has 1 aliphatic rings. The molecule has 0 saturated carbocycles. The number of hydrogen-bond acceptors (Lipinski definition) is 4. The molecule has 0 saturated heterocycles. The van der Waals surface area contributed by atoms with Crippen LogP contribution in [0.3, 0.4) is 0 Å². The SMILES string of the molecule is CCC[C@@H]1Cc2sc(N)c(C=O)c2CN1C. The molecule has 0 bridgehead atoms. The number of nitrogens with two attached hydrogens (primary N) is 1. The Bertz CT molecular complexity index is 400. The number of hydrogen-bond donors (Lipinski definition) is 1. The van der Waals surface area contributed by atoms with Crippen LogP contribution in [0, 0.1) is 0 Å². The molecule has 3 nitrogen and oxygen atoms in total. The van der Waals surface area contributed by atoms with E-state index in [-0.39, 0.29) is 0 Å². The van der Waals surface area contributed by atoms with Crippen LogP contribution in [0.5, 0.6) is 0 Å². The Balaban J connectivity index is 2.31. The van der Waals surface area contributed by atoms with Crippen LogP contribution in [0.15, 0.2) is 0 Å². The number of anilines is 1. The third-order valence-corrected chi connectivity index (χ3v) is 4.45. The predicted molar refractivity (Wildman–Crippen MR) is 68.0 cm³/mol. The van der Waals surface area contributed by atoms with E-state index in [2.05, 4.69) is 18.9 Å². The first kappa shape index (κ1) is 11.6. The average Bonchev–Trinajstić information content (AvgIpc) is 2.54. The van der Waals surface area contributed by atoms with Crippen molar-refractivity contribution in [3.63, 3.8) is 0 Å². The van der Waals surface area contributed by atoms with Gasteiger partial charge in [-0.3, -0.25) is 9.69 Å². The van der Waals surface area contributed by atoms with E-state index in [1.165, 1.54) is 17.7 Å². The van der Waals surface area contributed by atoms with E-state index >= 15 is 0 Å². The van der Waals surface area contributed by atoms with Crippen molar-refractivity contribution < 1.29 is 4.79 Å². The molecule has 88 valence electrons. The number of likely N-dealkylation sites (N-methyl/N-ethyl adjacent to an activating group) is 1. The lowest BCUT2D eigenvalue weighted by molar-refractivity contribution is 0.112. The maximum absolute atomic E-state index is 11.0. The second kappa shape index (κ2) is 4.55. The second-order valence-corrected chi connectivity index (χ2v) is 5.60. The van der Waals surface area contributed by atoms with Gasteiger partial charge in [-0.05, 0) is 25.5 Å². The first-order valence-corrected chi connectivity index (χ1v) is 6.54. The number of nitrogens with zero attached hydrogens (tertiary/aromatic N) is 1. The Morgan fingerprint density at radius 3 is 3.00 bits per heavy atom. The molecule has 4 heteroatoms. The summed E-state index contributed by atoms with van der Waals surface area (Å²) in [6.45, 7) is 3.07. The first-order chi connectivity index (χ1) is 7.67. The van der Waals surface area contributed by atoms with Gasteiger partial charge in [-0.15, -0.1) is 11.3 Å². The monoisotopic (exact) mass is 238 g/mol. The van der Waals surface area contributed by atoms with Crippen LogP contribution in [-0.2, 0) is 13.0 Å². The fourth-order valence-corrected chi connectivity index (χ4v) is 3.54. The van der Waals surface area contributed by atoms with E-state index in [4.69, 9.17) is 5.73 Å². The van der Waals surface area contributed by atoms with Crippen LogP contribution in [0.4, 0.5) is 5.00 Å². The quantitative estimate of drug-likeness (QED) is 0.822. The van der Waals surface area contributed by atoms with Gasteiger partial charge < -0.3 is 5.73 Å². The zero-order valence-electron chi connectivity index (χ0n) is 9.82. The molecule has 0 radical (unpaired) electrons. The average molecular weight is 238 g/mol. The molecular formula is C12H18N2OS. The molecule has 1 aromatic heterocycles. The molecule has 1 aromatic rings. The third-order valence-electron chi connectivity index (χ3n) is 3.35. The lowest BCUT2D eigenvalue weighted by Gasteiger charge is -2.32. The first-order valence-electron chi connectivity index (χ1n) is 5.72. The highest BCUT2D eigenvalue weighted by molar-refractivity contribution is 7.16. The van der Waals surface area contributed by atoms with Gasteiger partial charge in [0.15, 0.2) is 6.29 Å². The summed E-state index contributed by atoms with van der Waals surface area (Å²) in [5.41, 5.74) is 7.75. The van der Waals surface area contributed by atoms with Crippen LogP contribution in [-0.4, -0.2) is 24.3 Å². The van der Waals surface area contributed by atoms with Gasteiger partial charge in [-0.1, -0.05) is 13.3 Å². The maximum atomic E-state index is 11.0. The van der Waals surface area contributed by atoms with Crippen LogP contribution in [0.25, 0.3) is 0 Å². The Morgan fingerprint density at radius 1 is 1.62 bits per heavy atom. The van der Waals surface area contributed by atoms with Crippen molar-refractivity contribution in [3.05, 3.63) is 16.0 Å². The Labute approximate surface area is 100 Å². The van der Waals surface area contributed by atoms with Gasteiger partial charge in [0, 0.05) is 17.5 Å². The van der Waals surface area contributed by atoms with E-state index in [0.717, 1.165) is 30.4 Å². The number of aldehydes is 1. The van der Waals surface area contributed by atoms with E-state index in [1.807, 2.05) is 0 Å². The second-order valence-electron chi connectivity index (χ2n) is 4.46.